The Morgan fingerprint density at radius 2 is 0.750 bits per heavy atom. The Labute approximate surface area is 375 Å². The molecule has 1 aliphatic rings. The van der Waals surface area contributed by atoms with E-state index in [9.17, 15) is 0 Å². The van der Waals surface area contributed by atoms with E-state index >= 15 is 0 Å². The van der Waals surface area contributed by atoms with Crippen LogP contribution < -0.4 is 25.6 Å². The quantitative estimate of drug-likeness (QED) is 0.138. The summed E-state index contributed by atoms with van der Waals surface area (Å²) in [6.07, 6.45) is 0. The van der Waals surface area contributed by atoms with Gasteiger partial charge in [-0.2, -0.15) is 0 Å². The SMILES string of the molecule is c1ccc(-c2ccc(N(c3ccc(-c4cccc5cccc(-c6ccccc6)c45)cc3)c3ccc4c(c3)-c3ccc5ccccc5c3[Si]4(c3ccccc3)c3ccccc3)cc2)cc1. The summed E-state index contributed by atoms with van der Waals surface area (Å²) in [5.74, 6) is 0. The molecule has 0 saturated heterocycles. The summed E-state index contributed by atoms with van der Waals surface area (Å²) in [5.41, 5.74) is 13.3. The van der Waals surface area contributed by atoms with Crippen molar-refractivity contribution in [3.8, 4) is 44.5 Å². The molecule has 0 bridgehead atoms. The van der Waals surface area contributed by atoms with Gasteiger partial charge in [-0.15, -0.1) is 0 Å². The van der Waals surface area contributed by atoms with Crippen molar-refractivity contribution in [2.24, 2.45) is 0 Å². The maximum atomic E-state index is 2.47. The fourth-order valence-corrected chi connectivity index (χ4v) is 15.9. The van der Waals surface area contributed by atoms with Crippen molar-refractivity contribution in [1.29, 1.82) is 0 Å². The highest BCUT2D eigenvalue weighted by atomic mass is 28.3. The van der Waals surface area contributed by atoms with Gasteiger partial charge in [0.05, 0.1) is 0 Å². The third kappa shape index (κ3) is 6.14. The molecule has 0 aliphatic carbocycles. The maximum absolute atomic E-state index is 2.77. The van der Waals surface area contributed by atoms with E-state index in [2.05, 4.69) is 266 Å². The Balaban J connectivity index is 1.06. The normalized spacial score (nSPS) is 12.5. The first kappa shape index (κ1) is 37.7. The summed E-state index contributed by atoms with van der Waals surface area (Å²) in [5, 5.41) is 10.8. The summed E-state index contributed by atoms with van der Waals surface area (Å²) in [4.78, 5) is 2.44. The van der Waals surface area contributed by atoms with Crippen LogP contribution in [0, 0.1) is 0 Å². The highest BCUT2D eigenvalue weighted by Gasteiger charge is 2.49. The zero-order valence-electron chi connectivity index (χ0n) is 35.3. The molecule has 12 rings (SSSR count). The molecule has 2 heteroatoms. The number of benzene rings is 11. The number of nitrogens with zero attached hydrogens (tertiary/aromatic N) is 1. The van der Waals surface area contributed by atoms with Crippen molar-refractivity contribution in [3.63, 3.8) is 0 Å². The number of hydrogen-bond acceptors (Lipinski definition) is 1. The van der Waals surface area contributed by atoms with Crippen molar-refractivity contribution in [3.05, 3.63) is 261 Å². The lowest BCUT2D eigenvalue weighted by Crippen LogP contribution is -2.73. The molecule has 64 heavy (non-hydrogen) atoms. The van der Waals surface area contributed by atoms with Crippen LogP contribution in [-0.4, -0.2) is 8.07 Å². The minimum atomic E-state index is -2.77. The zero-order chi connectivity index (χ0) is 42.5. The first-order chi connectivity index (χ1) is 31.8. The summed E-state index contributed by atoms with van der Waals surface area (Å²) >= 11 is 0. The van der Waals surface area contributed by atoms with E-state index in [1.165, 1.54) is 86.8 Å². The summed E-state index contributed by atoms with van der Waals surface area (Å²) < 4.78 is 0. The minimum absolute atomic E-state index is 1.10. The molecule has 0 N–H and O–H groups in total. The molecule has 0 aromatic heterocycles. The fourth-order valence-electron chi connectivity index (χ4n) is 10.5. The third-order valence-electron chi connectivity index (χ3n) is 13.3. The summed E-state index contributed by atoms with van der Waals surface area (Å²) in [7, 11) is -2.77. The predicted octanol–water partition coefficient (Wildman–Crippen LogP) is 13.8. The third-order valence-corrected chi connectivity index (χ3v) is 18.3. The summed E-state index contributed by atoms with van der Waals surface area (Å²) in [6, 6.07) is 96.6. The van der Waals surface area contributed by atoms with Gasteiger partial charge in [-0.25, -0.2) is 0 Å². The standard InChI is InChI=1S/C62H43NSi/c1-5-17-44(18-6-1)45-31-36-50(37-32-45)63(51-38-33-48(34-39-51)56-30-16-23-49-22-15-29-55(61(49)56)46-19-7-2-8-20-46)52-40-42-60-59(43-52)58-41-35-47-21-13-14-28-57(47)62(58)64(60,53-24-9-3-10-25-53)54-26-11-4-12-27-54/h1-43H. The highest BCUT2D eigenvalue weighted by molar-refractivity contribution is 7.23. The van der Waals surface area contributed by atoms with Crippen molar-refractivity contribution < 1.29 is 0 Å². The van der Waals surface area contributed by atoms with Gasteiger partial charge in [0.1, 0.15) is 0 Å². The first-order valence-electron chi connectivity index (χ1n) is 22.2. The van der Waals surface area contributed by atoms with E-state index in [0.29, 0.717) is 0 Å². The van der Waals surface area contributed by atoms with Crippen LogP contribution in [0.25, 0.3) is 66.1 Å². The van der Waals surface area contributed by atoms with E-state index in [1.807, 2.05) is 0 Å². The lowest BCUT2D eigenvalue weighted by atomic mass is 9.91. The van der Waals surface area contributed by atoms with Gasteiger partial charge in [-0.05, 0) is 123 Å². The topological polar surface area (TPSA) is 3.24 Å². The molecule has 11 aromatic rings. The first-order valence-corrected chi connectivity index (χ1v) is 24.2. The average Bonchev–Trinajstić information content (AvgIpc) is 3.68. The van der Waals surface area contributed by atoms with Crippen LogP contribution in [0.4, 0.5) is 17.1 Å². The van der Waals surface area contributed by atoms with Crippen LogP contribution >= 0.6 is 0 Å². The molecular formula is C62H43NSi. The molecule has 0 saturated carbocycles. The van der Waals surface area contributed by atoms with Crippen molar-refractivity contribution in [2.75, 3.05) is 4.90 Å². The number of fused-ring (bicyclic) bond motifs is 6. The molecule has 1 heterocycles. The molecule has 300 valence electrons. The molecule has 0 amide bonds. The van der Waals surface area contributed by atoms with E-state index in [4.69, 9.17) is 0 Å². The number of hydrogen-bond donors (Lipinski definition) is 0. The Bertz CT molecular complexity index is 3410. The Morgan fingerprint density at radius 3 is 1.36 bits per heavy atom. The second-order valence-electron chi connectivity index (χ2n) is 16.8. The molecular weight excluding hydrogens is 787 g/mol. The molecule has 0 fully saturated rings. The Kier molecular flexibility index (Phi) is 9.25. The molecule has 0 radical (unpaired) electrons. The maximum Gasteiger partial charge on any atom is 0.181 e. The molecule has 1 aliphatic heterocycles. The molecule has 1 nitrogen and oxygen atoms in total. The monoisotopic (exact) mass is 829 g/mol. The van der Waals surface area contributed by atoms with Crippen LogP contribution in [0.1, 0.15) is 0 Å². The van der Waals surface area contributed by atoms with Gasteiger partial charge in [0, 0.05) is 17.1 Å². The molecule has 0 spiro atoms. The van der Waals surface area contributed by atoms with E-state index in [1.54, 1.807) is 0 Å². The van der Waals surface area contributed by atoms with E-state index in [0.717, 1.165) is 17.1 Å². The Hall–Kier alpha value is -8.04. The second-order valence-corrected chi connectivity index (χ2v) is 20.5. The van der Waals surface area contributed by atoms with Crippen LogP contribution in [0.3, 0.4) is 0 Å². The average molecular weight is 830 g/mol. The second kappa shape index (κ2) is 15.7. The van der Waals surface area contributed by atoms with Gasteiger partial charge in [0.25, 0.3) is 0 Å². The number of anilines is 3. The van der Waals surface area contributed by atoms with Crippen LogP contribution in [0.15, 0.2) is 261 Å². The van der Waals surface area contributed by atoms with Crippen molar-refractivity contribution in [2.45, 2.75) is 0 Å². The minimum Gasteiger partial charge on any atom is -0.310 e. The van der Waals surface area contributed by atoms with Crippen LogP contribution in [-0.2, 0) is 0 Å². The van der Waals surface area contributed by atoms with Gasteiger partial charge in [0.15, 0.2) is 8.07 Å². The van der Waals surface area contributed by atoms with Gasteiger partial charge < -0.3 is 4.90 Å². The molecule has 0 unspecified atom stereocenters. The summed E-state index contributed by atoms with van der Waals surface area (Å²) in [6.45, 7) is 0. The van der Waals surface area contributed by atoms with E-state index < -0.39 is 8.07 Å². The molecule has 11 aromatic carbocycles. The zero-order valence-corrected chi connectivity index (χ0v) is 36.3. The van der Waals surface area contributed by atoms with Gasteiger partial charge in [-0.3, -0.25) is 0 Å². The Morgan fingerprint density at radius 1 is 0.281 bits per heavy atom. The van der Waals surface area contributed by atoms with Crippen LogP contribution in [0.2, 0.25) is 0 Å². The van der Waals surface area contributed by atoms with Gasteiger partial charge in [-0.1, -0.05) is 224 Å². The lowest BCUT2D eigenvalue weighted by molar-refractivity contribution is 1.29. The number of rotatable bonds is 8. The van der Waals surface area contributed by atoms with Crippen molar-refractivity contribution >= 4 is 67.4 Å². The molecule has 0 atom stereocenters. The van der Waals surface area contributed by atoms with Gasteiger partial charge in [0.2, 0.25) is 0 Å². The largest absolute Gasteiger partial charge is 0.310 e. The van der Waals surface area contributed by atoms with Gasteiger partial charge >= 0.3 is 0 Å². The highest BCUT2D eigenvalue weighted by Crippen LogP contribution is 2.42. The smallest absolute Gasteiger partial charge is 0.181 e. The van der Waals surface area contributed by atoms with E-state index in [-0.39, 0.29) is 0 Å². The lowest BCUT2D eigenvalue weighted by Gasteiger charge is -2.32. The fraction of sp³-hybridized carbons (Fsp3) is 0. The van der Waals surface area contributed by atoms with Crippen LogP contribution in [0.5, 0.6) is 0 Å². The van der Waals surface area contributed by atoms with Crippen molar-refractivity contribution in [1.82, 2.24) is 0 Å². The predicted molar refractivity (Wildman–Crippen MR) is 275 cm³/mol.